The molecule has 4 rings (SSSR count). The van der Waals surface area contributed by atoms with Crippen molar-refractivity contribution in [3.05, 3.63) is 95.3 Å². The Kier molecular flexibility index (Phi) is 8.82. The van der Waals surface area contributed by atoms with Gasteiger partial charge in [-0.3, -0.25) is 0 Å². The van der Waals surface area contributed by atoms with Crippen LogP contribution in [0.2, 0.25) is 18.1 Å². The van der Waals surface area contributed by atoms with E-state index in [0.717, 1.165) is 40.1 Å². The highest BCUT2D eigenvalue weighted by molar-refractivity contribution is 7.99. The maximum atomic E-state index is 6.69. The van der Waals surface area contributed by atoms with Gasteiger partial charge in [-0.25, -0.2) is 4.98 Å². The largest absolute Gasteiger partial charge is 0.541 e. The highest BCUT2D eigenvalue weighted by Crippen LogP contribution is 2.40. The lowest BCUT2D eigenvalue weighted by Crippen LogP contribution is -2.43. The summed E-state index contributed by atoms with van der Waals surface area (Å²) in [6.07, 6.45) is 1.48. The minimum Gasteiger partial charge on any atom is -0.541 e. The zero-order valence-corrected chi connectivity index (χ0v) is 26.2. The summed E-state index contributed by atoms with van der Waals surface area (Å²) in [6.45, 7) is 11.3. The van der Waals surface area contributed by atoms with E-state index in [-0.39, 0.29) is 5.04 Å². The SMILES string of the molecule is COc1ccc(Cc2c(Cc3ccc(OC)c(O[Si](C)(C)C(C)(C)C)c3)nc(Sc3ccccc3)n2C)cc1. The molecule has 0 spiro atoms. The lowest BCUT2D eigenvalue weighted by atomic mass is 10.0. The van der Waals surface area contributed by atoms with Crippen LogP contribution in [0.4, 0.5) is 0 Å². The molecule has 1 aromatic heterocycles. The molecule has 0 bridgehead atoms. The van der Waals surface area contributed by atoms with Crippen molar-refractivity contribution in [1.82, 2.24) is 9.55 Å². The molecule has 206 valence electrons. The third-order valence-corrected chi connectivity index (χ3v) is 12.9. The van der Waals surface area contributed by atoms with E-state index < -0.39 is 8.32 Å². The molecule has 1 heterocycles. The second-order valence-electron chi connectivity index (χ2n) is 11.3. The van der Waals surface area contributed by atoms with Crippen LogP contribution in [0.15, 0.2) is 82.8 Å². The van der Waals surface area contributed by atoms with Crippen molar-refractivity contribution >= 4 is 20.1 Å². The summed E-state index contributed by atoms with van der Waals surface area (Å²) < 4.78 is 20.0. The first-order valence-electron chi connectivity index (χ1n) is 13.3. The normalized spacial score (nSPS) is 11.9. The van der Waals surface area contributed by atoms with Crippen LogP contribution in [0.25, 0.3) is 0 Å². The third kappa shape index (κ3) is 6.89. The minimum atomic E-state index is -2.04. The van der Waals surface area contributed by atoms with Gasteiger partial charge in [0.15, 0.2) is 10.9 Å². The maximum Gasteiger partial charge on any atom is 0.250 e. The summed E-state index contributed by atoms with van der Waals surface area (Å²) in [5.41, 5.74) is 4.62. The predicted molar refractivity (Wildman–Crippen MR) is 163 cm³/mol. The smallest absolute Gasteiger partial charge is 0.250 e. The predicted octanol–water partition coefficient (Wildman–Crippen LogP) is 8.15. The molecule has 0 aliphatic heterocycles. The van der Waals surface area contributed by atoms with Crippen LogP contribution in [0.3, 0.4) is 0 Å². The Balaban J connectivity index is 1.70. The fourth-order valence-electron chi connectivity index (χ4n) is 4.08. The van der Waals surface area contributed by atoms with Crippen LogP contribution in [0.1, 0.15) is 43.3 Å². The Labute approximate surface area is 238 Å². The lowest BCUT2D eigenvalue weighted by molar-refractivity contribution is 0.385. The standard InChI is InChI=1S/C32H40N2O3SSi/c1-32(2,3)39(7,8)37-30-22-24(16-19-29(30)36-6)20-27-28(21-23-14-17-25(35-5)18-15-23)34(4)31(33-27)38-26-12-10-9-11-13-26/h9-19,22H,20-21H2,1-8H3. The van der Waals surface area contributed by atoms with E-state index in [9.17, 15) is 0 Å². The Morgan fingerprint density at radius 2 is 1.49 bits per heavy atom. The molecule has 7 heteroatoms. The Morgan fingerprint density at radius 3 is 2.10 bits per heavy atom. The first kappa shape index (κ1) is 28.8. The molecule has 0 aliphatic carbocycles. The number of ether oxygens (including phenoxy) is 2. The number of aromatic nitrogens is 2. The number of rotatable bonds is 10. The fourth-order valence-corrected chi connectivity index (χ4v) is 6.00. The summed E-state index contributed by atoms with van der Waals surface area (Å²) in [4.78, 5) is 6.32. The lowest BCUT2D eigenvalue weighted by Gasteiger charge is -2.36. The molecule has 4 aromatic rings. The van der Waals surface area contributed by atoms with Crippen molar-refractivity contribution in [2.45, 2.75) is 61.8 Å². The van der Waals surface area contributed by atoms with Crippen molar-refractivity contribution in [2.75, 3.05) is 14.2 Å². The van der Waals surface area contributed by atoms with Gasteiger partial charge >= 0.3 is 0 Å². The van der Waals surface area contributed by atoms with Crippen LogP contribution in [0.5, 0.6) is 17.2 Å². The molecule has 0 fully saturated rings. The van der Waals surface area contributed by atoms with Crippen molar-refractivity contribution in [3.8, 4) is 17.2 Å². The summed E-state index contributed by atoms with van der Waals surface area (Å²) in [5.74, 6) is 2.44. The van der Waals surface area contributed by atoms with Crippen LogP contribution in [-0.4, -0.2) is 32.1 Å². The van der Waals surface area contributed by atoms with E-state index in [0.29, 0.717) is 6.42 Å². The van der Waals surface area contributed by atoms with Gasteiger partial charge in [0.2, 0.25) is 0 Å². The van der Waals surface area contributed by atoms with Crippen molar-refractivity contribution in [3.63, 3.8) is 0 Å². The molecular formula is C32H40N2O3SSi. The van der Waals surface area contributed by atoms with E-state index >= 15 is 0 Å². The van der Waals surface area contributed by atoms with Gasteiger partial charge in [0.1, 0.15) is 11.5 Å². The monoisotopic (exact) mass is 560 g/mol. The molecule has 3 aromatic carbocycles. The van der Waals surface area contributed by atoms with Crippen LogP contribution >= 0.6 is 11.8 Å². The van der Waals surface area contributed by atoms with Crippen LogP contribution in [-0.2, 0) is 19.9 Å². The first-order valence-corrected chi connectivity index (χ1v) is 17.0. The molecule has 0 N–H and O–H groups in total. The van der Waals surface area contributed by atoms with E-state index in [1.807, 2.05) is 24.3 Å². The van der Waals surface area contributed by atoms with Crippen molar-refractivity contribution in [2.24, 2.45) is 7.05 Å². The number of nitrogens with zero attached hydrogens (tertiary/aromatic N) is 2. The fraction of sp³-hybridized carbons (Fsp3) is 0.344. The highest BCUT2D eigenvalue weighted by atomic mass is 32.2. The van der Waals surface area contributed by atoms with Gasteiger partial charge in [0.25, 0.3) is 8.32 Å². The van der Waals surface area contributed by atoms with E-state index in [4.69, 9.17) is 18.9 Å². The molecule has 0 amide bonds. The van der Waals surface area contributed by atoms with Gasteiger partial charge in [0, 0.05) is 30.5 Å². The number of benzene rings is 3. The Bertz CT molecular complexity index is 1390. The minimum absolute atomic E-state index is 0.0874. The van der Waals surface area contributed by atoms with Crippen molar-refractivity contribution in [1.29, 1.82) is 0 Å². The summed E-state index contributed by atoms with van der Waals surface area (Å²) in [7, 11) is 3.47. The molecule has 0 radical (unpaired) electrons. The van der Waals surface area contributed by atoms with E-state index in [2.05, 4.69) is 94.0 Å². The zero-order chi connectivity index (χ0) is 28.2. The van der Waals surface area contributed by atoms with Gasteiger partial charge in [-0.05, 0) is 65.7 Å². The zero-order valence-electron chi connectivity index (χ0n) is 24.4. The molecule has 0 atom stereocenters. The van der Waals surface area contributed by atoms with Gasteiger partial charge in [-0.2, -0.15) is 0 Å². The molecule has 0 saturated heterocycles. The number of imidazole rings is 1. The topological polar surface area (TPSA) is 45.5 Å². The van der Waals surface area contributed by atoms with Gasteiger partial charge < -0.3 is 18.5 Å². The molecule has 39 heavy (non-hydrogen) atoms. The number of hydrogen-bond donors (Lipinski definition) is 0. The molecule has 0 aliphatic rings. The summed E-state index contributed by atoms with van der Waals surface area (Å²) in [5, 5.41) is 1.07. The second kappa shape index (κ2) is 11.9. The maximum absolute atomic E-state index is 6.69. The molecular weight excluding hydrogens is 521 g/mol. The average Bonchev–Trinajstić information content (AvgIpc) is 3.17. The first-order chi connectivity index (χ1) is 18.5. The average molecular weight is 561 g/mol. The van der Waals surface area contributed by atoms with Crippen molar-refractivity contribution < 1.29 is 13.9 Å². The molecule has 0 unspecified atom stereocenters. The van der Waals surface area contributed by atoms with Gasteiger partial charge in [0.05, 0.1) is 19.9 Å². The summed E-state index contributed by atoms with van der Waals surface area (Å²) in [6, 6.07) is 24.9. The number of hydrogen-bond acceptors (Lipinski definition) is 5. The van der Waals surface area contributed by atoms with Gasteiger partial charge in [-0.1, -0.05) is 68.9 Å². The van der Waals surface area contributed by atoms with Crippen LogP contribution < -0.4 is 13.9 Å². The second-order valence-corrected chi connectivity index (χ2v) is 17.1. The van der Waals surface area contributed by atoms with E-state index in [1.54, 1.807) is 26.0 Å². The Hall–Kier alpha value is -3.16. The third-order valence-electron chi connectivity index (χ3n) is 7.51. The Morgan fingerprint density at radius 1 is 0.821 bits per heavy atom. The molecule has 5 nitrogen and oxygen atoms in total. The number of methoxy groups -OCH3 is 2. The van der Waals surface area contributed by atoms with Crippen LogP contribution in [0, 0.1) is 0 Å². The van der Waals surface area contributed by atoms with Gasteiger partial charge in [-0.15, -0.1) is 0 Å². The quantitative estimate of drug-likeness (QED) is 0.183. The molecule has 0 saturated carbocycles. The van der Waals surface area contributed by atoms with E-state index in [1.165, 1.54) is 16.2 Å². The summed E-state index contributed by atoms with van der Waals surface area (Å²) >= 11 is 1.69. The highest BCUT2D eigenvalue weighted by Gasteiger charge is 2.39.